The highest BCUT2D eigenvalue weighted by Gasteiger charge is 2.94. The maximum atomic E-state index is 12.7. The molecule has 0 bridgehead atoms. The molecule has 3 heteroatoms. The molecule has 3 aliphatic heterocycles. The molecule has 2 unspecified atom stereocenters. The SMILES string of the molecule is Cc1cccc2c1[C@@]1(C)CC3(C(=O)OCC(C)C)N1[C@]23C. The zero-order chi connectivity index (χ0) is 15.2. The lowest BCUT2D eigenvalue weighted by Gasteiger charge is -2.46. The van der Waals surface area contributed by atoms with Crippen molar-refractivity contribution in [3.63, 3.8) is 0 Å². The van der Waals surface area contributed by atoms with Crippen LogP contribution in [-0.2, 0) is 20.6 Å². The van der Waals surface area contributed by atoms with E-state index < -0.39 is 5.54 Å². The molecule has 0 aromatic heterocycles. The van der Waals surface area contributed by atoms with E-state index in [1.54, 1.807) is 0 Å². The summed E-state index contributed by atoms with van der Waals surface area (Å²) in [6, 6.07) is 6.48. The second-order valence-corrected chi connectivity index (χ2v) is 7.71. The number of fused-ring (bicyclic) bond motifs is 4. The first-order valence-electron chi connectivity index (χ1n) is 7.88. The molecule has 0 radical (unpaired) electrons. The summed E-state index contributed by atoms with van der Waals surface area (Å²) < 4.78 is 5.58. The Morgan fingerprint density at radius 2 is 2.10 bits per heavy atom. The van der Waals surface area contributed by atoms with Gasteiger partial charge in [-0.3, -0.25) is 4.90 Å². The van der Waals surface area contributed by atoms with Crippen LogP contribution in [0.25, 0.3) is 0 Å². The highest BCUT2D eigenvalue weighted by atomic mass is 16.5. The van der Waals surface area contributed by atoms with Gasteiger partial charge in [-0.15, -0.1) is 0 Å². The minimum Gasteiger partial charge on any atom is -0.464 e. The molecule has 1 aromatic carbocycles. The molecule has 3 nitrogen and oxygen atoms in total. The smallest absolute Gasteiger partial charge is 0.329 e. The maximum Gasteiger partial charge on any atom is 0.329 e. The Labute approximate surface area is 126 Å². The third-order valence-corrected chi connectivity index (χ3v) is 5.90. The van der Waals surface area contributed by atoms with Gasteiger partial charge < -0.3 is 4.74 Å². The molecule has 3 heterocycles. The highest BCUT2D eigenvalue weighted by Crippen LogP contribution is 2.82. The Kier molecular flexibility index (Phi) is 2.23. The van der Waals surface area contributed by atoms with Gasteiger partial charge in [-0.2, -0.15) is 0 Å². The molecule has 21 heavy (non-hydrogen) atoms. The molecule has 0 saturated carbocycles. The van der Waals surface area contributed by atoms with Crippen LogP contribution >= 0.6 is 0 Å². The van der Waals surface area contributed by atoms with Crippen molar-refractivity contribution in [2.45, 2.75) is 57.7 Å². The average molecular weight is 285 g/mol. The highest BCUT2D eigenvalue weighted by molar-refractivity contribution is 5.93. The van der Waals surface area contributed by atoms with Crippen LogP contribution in [0, 0.1) is 12.8 Å². The molecule has 0 amide bonds. The topological polar surface area (TPSA) is 29.3 Å². The quantitative estimate of drug-likeness (QED) is 0.631. The molecule has 112 valence electrons. The van der Waals surface area contributed by atoms with E-state index in [0.717, 1.165) is 6.42 Å². The number of hydrogen-bond donors (Lipinski definition) is 0. The second-order valence-electron chi connectivity index (χ2n) is 7.71. The van der Waals surface area contributed by atoms with Gasteiger partial charge in [-0.05, 0) is 43.4 Å². The van der Waals surface area contributed by atoms with E-state index in [2.05, 4.69) is 57.7 Å². The number of hydrogen-bond acceptors (Lipinski definition) is 3. The van der Waals surface area contributed by atoms with Crippen LogP contribution in [0.4, 0.5) is 0 Å². The number of rotatable bonds is 3. The first-order chi connectivity index (χ1) is 9.80. The number of esters is 1. The van der Waals surface area contributed by atoms with Crippen LogP contribution in [0.1, 0.15) is 50.8 Å². The van der Waals surface area contributed by atoms with Gasteiger partial charge in [-0.1, -0.05) is 32.0 Å². The van der Waals surface area contributed by atoms with E-state index in [1.165, 1.54) is 16.7 Å². The van der Waals surface area contributed by atoms with Crippen LogP contribution in [-0.4, -0.2) is 23.0 Å². The van der Waals surface area contributed by atoms with Crippen LogP contribution in [0.5, 0.6) is 0 Å². The summed E-state index contributed by atoms with van der Waals surface area (Å²) in [5.41, 5.74) is 3.58. The number of carbonyl (C=O) groups excluding carboxylic acids is 1. The minimum atomic E-state index is -0.391. The number of aryl methyl sites for hydroxylation is 1. The van der Waals surface area contributed by atoms with E-state index in [9.17, 15) is 4.79 Å². The van der Waals surface area contributed by atoms with Gasteiger partial charge in [0.1, 0.15) is 5.54 Å². The van der Waals surface area contributed by atoms with Crippen molar-refractivity contribution < 1.29 is 9.53 Å². The molecule has 1 aromatic rings. The Morgan fingerprint density at radius 1 is 1.38 bits per heavy atom. The van der Waals surface area contributed by atoms with E-state index in [1.807, 2.05) is 0 Å². The van der Waals surface area contributed by atoms with E-state index in [4.69, 9.17) is 4.74 Å². The second kappa shape index (κ2) is 3.52. The van der Waals surface area contributed by atoms with Crippen LogP contribution in [0.2, 0.25) is 0 Å². The first kappa shape index (κ1) is 13.3. The number of carbonyl (C=O) groups is 1. The third-order valence-electron chi connectivity index (χ3n) is 5.90. The molecule has 4 rings (SSSR count). The molecular formula is C18H23NO2. The molecule has 0 N–H and O–H groups in total. The summed E-state index contributed by atoms with van der Waals surface area (Å²) in [6.45, 7) is 11.3. The molecule has 4 atom stereocenters. The number of nitrogens with zero attached hydrogens (tertiary/aromatic N) is 1. The number of ether oxygens (including phenoxy) is 1. The summed E-state index contributed by atoms with van der Waals surface area (Å²) in [5, 5.41) is 0. The normalized spacial score (nSPS) is 41.3. The van der Waals surface area contributed by atoms with Gasteiger partial charge >= 0.3 is 5.97 Å². The maximum absolute atomic E-state index is 12.7. The molecule has 2 fully saturated rings. The summed E-state index contributed by atoms with van der Waals surface area (Å²) in [4.78, 5) is 15.0. The number of benzene rings is 1. The molecule has 0 spiro atoms. The van der Waals surface area contributed by atoms with Crippen LogP contribution < -0.4 is 0 Å². The lowest BCUT2D eigenvalue weighted by atomic mass is 9.65. The zero-order valence-electron chi connectivity index (χ0n) is 13.5. The third kappa shape index (κ3) is 1.16. The van der Waals surface area contributed by atoms with Gasteiger partial charge in [0, 0.05) is 12.0 Å². The molecule has 2 saturated heterocycles. The zero-order valence-corrected chi connectivity index (χ0v) is 13.5. The molecule has 3 aliphatic rings. The summed E-state index contributed by atoms with van der Waals surface area (Å²) in [5.74, 6) is 0.357. The predicted octanol–water partition coefficient (Wildman–Crippen LogP) is 3.10. The van der Waals surface area contributed by atoms with Gasteiger partial charge in [0.25, 0.3) is 0 Å². The Bertz CT molecular complexity index is 667. The van der Waals surface area contributed by atoms with E-state index >= 15 is 0 Å². The largest absolute Gasteiger partial charge is 0.464 e. The van der Waals surface area contributed by atoms with Crippen molar-refractivity contribution in [2.24, 2.45) is 5.92 Å². The standard InChI is InChI=1S/C18H23NO2/c1-11(2)9-21-15(20)18-10-16(4)14-12(3)7-6-8-13(14)17(18,5)19(16)18/h6-8,11H,9-10H2,1-5H3/t16-,17-,18?,19?/m1/s1. The van der Waals surface area contributed by atoms with E-state index in [-0.39, 0.29) is 17.0 Å². The van der Waals surface area contributed by atoms with Crippen molar-refractivity contribution in [1.82, 2.24) is 4.90 Å². The van der Waals surface area contributed by atoms with Crippen LogP contribution in [0.3, 0.4) is 0 Å². The van der Waals surface area contributed by atoms with E-state index in [0.29, 0.717) is 12.5 Å². The fourth-order valence-electron chi connectivity index (χ4n) is 5.24. The van der Waals surface area contributed by atoms with Crippen molar-refractivity contribution in [2.75, 3.05) is 6.61 Å². The Balaban J connectivity index is 1.73. The monoisotopic (exact) mass is 285 g/mol. The van der Waals surface area contributed by atoms with Gasteiger partial charge in [0.15, 0.2) is 0 Å². The fourth-order valence-corrected chi connectivity index (χ4v) is 5.24. The fraction of sp³-hybridized carbons (Fsp3) is 0.611. The summed E-state index contributed by atoms with van der Waals surface area (Å²) in [7, 11) is 0. The summed E-state index contributed by atoms with van der Waals surface area (Å²) in [6.07, 6.45) is 0.894. The lowest BCUT2D eigenvalue weighted by molar-refractivity contribution is -0.156. The predicted molar refractivity (Wildman–Crippen MR) is 80.9 cm³/mol. The Hall–Kier alpha value is -1.35. The molecular weight excluding hydrogens is 262 g/mol. The van der Waals surface area contributed by atoms with Crippen molar-refractivity contribution >= 4 is 5.97 Å². The van der Waals surface area contributed by atoms with Gasteiger partial charge in [-0.25, -0.2) is 4.79 Å². The van der Waals surface area contributed by atoms with Crippen molar-refractivity contribution in [1.29, 1.82) is 0 Å². The lowest BCUT2D eigenvalue weighted by Crippen LogP contribution is -2.56. The van der Waals surface area contributed by atoms with Crippen molar-refractivity contribution in [3.8, 4) is 0 Å². The van der Waals surface area contributed by atoms with Gasteiger partial charge in [0.05, 0.1) is 12.1 Å². The summed E-state index contributed by atoms with van der Waals surface area (Å²) >= 11 is 0. The van der Waals surface area contributed by atoms with Gasteiger partial charge in [0.2, 0.25) is 0 Å². The van der Waals surface area contributed by atoms with Crippen LogP contribution in [0.15, 0.2) is 18.2 Å². The first-order valence-corrected chi connectivity index (χ1v) is 7.88. The Morgan fingerprint density at radius 3 is 2.76 bits per heavy atom. The van der Waals surface area contributed by atoms with Crippen molar-refractivity contribution in [3.05, 3.63) is 34.9 Å². The minimum absolute atomic E-state index is 0.0201. The average Bonchev–Trinajstić information content (AvgIpc) is 2.82. The molecule has 0 aliphatic carbocycles.